The molecule has 0 aliphatic rings. The van der Waals surface area contributed by atoms with Crippen molar-refractivity contribution in [1.82, 2.24) is 0 Å². The van der Waals surface area contributed by atoms with Crippen LogP contribution >= 0.6 is 0 Å². The van der Waals surface area contributed by atoms with Gasteiger partial charge in [0.2, 0.25) is 0 Å². The summed E-state index contributed by atoms with van der Waals surface area (Å²) in [6.07, 6.45) is 0. The van der Waals surface area contributed by atoms with Crippen molar-refractivity contribution in [3.63, 3.8) is 0 Å². The molecule has 0 fully saturated rings. The zero-order valence-electron chi connectivity index (χ0n) is 3.40. The van der Waals surface area contributed by atoms with E-state index in [2.05, 4.69) is 4.58 Å². The van der Waals surface area contributed by atoms with Crippen LogP contribution in [0.4, 0.5) is 0 Å². The molecule has 0 aromatic carbocycles. The molecule has 0 aliphatic heterocycles. The van der Waals surface area contributed by atoms with E-state index in [1.165, 1.54) is 0 Å². The van der Waals surface area contributed by atoms with Crippen molar-refractivity contribution in [2.24, 2.45) is 0 Å². The van der Waals surface area contributed by atoms with Crippen LogP contribution in [0.2, 0.25) is 0 Å². The van der Waals surface area contributed by atoms with Crippen LogP contribution in [0.1, 0.15) is 0 Å². The van der Waals surface area contributed by atoms with Crippen LogP contribution in [0.25, 0.3) is 0 Å². The van der Waals surface area contributed by atoms with E-state index in [4.69, 9.17) is 19.6 Å². The minimum absolute atomic E-state index is 0. The Bertz CT molecular complexity index is 37.8. The molecule has 0 unspecified atom stereocenters. The molecule has 0 bridgehead atoms. The fraction of sp³-hybridized carbons (Fsp3) is 0. The monoisotopic (exact) mass is 136 g/mol. The molecular formula is H4MgO5Si. The Labute approximate surface area is 56.7 Å². The van der Waals surface area contributed by atoms with Crippen molar-refractivity contribution in [3.8, 4) is 0 Å². The molecule has 0 rings (SSSR count). The zero-order valence-corrected chi connectivity index (χ0v) is 5.82. The zero-order chi connectivity index (χ0) is 5.21. The Balaban J connectivity index is 0. The third-order valence-electron chi connectivity index (χ3n) is 0.122. The maximum atomic E-state index is 7.60. The minimum atomic E-state index is -4.58. The van der Waals surface area contributed by atoms with E-state index in [0.717, 1.165) is 0 Å². The Hall–Kier alpha value is 0.783. The highest BCUT2D eigenvalue weighted by molar-refractivity contribution is 6.48. The maximum absolute atomic E-state index is 7.60. The molecule has 5 nitrogen and oxygen atoms in total. The second kappa shape index (κ2) is 3.74. The molecule has 0 saturated carbocycles. The topological polar surface area (TPSA) is 90.2 Å². The van der Waals surface area contributed by atoms with Gasteiger partial charge < -0.3 is 14.4 Å². The van der Waals surface area contributed by atoms with Gasteiger partial charge in [0.1, 0.15) is 0 Å². The fourth-order valence-electron chi connectivity index (χ4n) is 0. The van der Waals surface area contributed by atoms with Crippen LogP contribution in [0.5, 0.6) is 0 Å². The summed E-state index contributed by atoms with van der Waals surface area (Å²) in [6, 6.07) is 0. The van der Waals surface area contributed by atoms with Crippen LogP contribution in [0.15, 0.2) is 0 Å². The van der Waals surface area contributed by atoms with E-state index in [0.29, 0.717) is 0 Å². The van der Waals surface area contributed by atoms with E-state index in [1.54, 1.807) is 0 Å². The van der Waals surface area contributed by atoms with Crippen LogP contribution in [0.3, 0.4) is 0 Å². The lowest BCUT2D eigenvalue weighted by molar-refractivity contribution is -0.209. The Morgan fingerprint density at radius 3 is 1.29 bits per heavy atom. The van der Waals surface area contributed by atoms with Gasteiger partial charge in [-0.1, -0.05) is 0 Å². The number of hydrogen-bond acceptors (Lipinski definition) is 5. The molecule has 0 heterocycles. The number of hydrogen-bond donors (Lipinski definition) is 4. The summed E-state index contributed by atoms with van der Waals surface area (Å²) in [5.41, 5.74) is 0. The standard InChI is InChI=1S/Mg.H4O5Si/c;1-5-6(2,3)4/h;1-4H. The largest absolute Gasteiger partial charge is 0.699 e. The van der Waals surface area contributed by atoms with Gasteiger partial charge in [0.15, 0.2) is 0 Å². The summed E-state index contributed by atoms with van der Waals surface area (Å²) in [5, 5.41) is 7.21. The van der Waals surface area contributed by atoms with Gasteiger partial charge >= 0.3 is 9.05 Å². The Morgan fingerprint density at radius 1 is 1.14 bits per heavy atom. The Kier molecular flexibility index (Phi) is 5.73. The molecular weight excluding hydrogens is 132 g/mol. The van der Waals surface area contributed by atoms with Crippen molar-refractivity contribution in [2.75, 3.05) is 0 Å². The van der Waals surface area contributed by atoms with Crippen molar-refractivity contribution in [1.29, 1.82) is 0 Å². The first-order valence-electron chi connectivity index (χ1n) is 1.06. The summed E-state index contributed by atoms with van der Waals surface area (Å²) in [5.74, 6) is 0. The summed E-state index contributed by atoms with van der Waals surface area (Å²) in [4.78, 5) is 22.8. The van der Waals surface area contributed by atoms with E-state index < -0.39 is 9.05 Å². The lowest BCUT2D eigenvalue weighted by atomic mass is 14.9. The smallest absolute Gasteiger partial charge is 0.366 e. The van der Waals surface area contributed by atoms with E-state index in [-0.39, 0.29) is 23.1 Å². The molecule has 4 N–H and O–H groups in total. The average Bonchev–Trinajstić information content (AvgIpc) is 1.35. The van der Waals surface area contributed by atoms with Gasteiger partial charge in [-0.2, -0.15) is 4.58 Å². The lowest BCUT2D eigenvalue weighted by Gasteiger charge is -1.98. The van der Waals surface area contributed by atoms with Gasteiger partial charge in [0, 0.05) is 23.1 Å². The molecule has 0 atom stereocenters. The lowest BCUT2D eigenvalue weighted by Crippen LogP contribution is -2.37. The van der Waals surface area contributed by atoms with E-state index in [1.807, 2.05) is 0 Å². The molecule has 0 amide bonds. The minimum Gasteiger partial charge on any atom is -0.366 e. The van der Waals surface area contributed by atoms with Crippen LogP contribution in [-0.4, -0.2) is 51.7 Å². The SMILES string of the molecule is OO[Si](O)(O)O.[Mg]. The highest BCUT2D eigenvalue weighted by Crippen LogP contribution is 1.79. The van der Waals surface area contributed by atoms with Gasteiger partial charge in [-0.25, -0.2) is 0 Å². The summed E-state index contributed by atoms with van der Waals surface area (Å²) < 4.78 is 2.74. The van der Waals surface area contributed by atoms with Crippen LogP contribution < -0.4 is 0 Å². The molecule has 2 radical (unpaired) electrons. The van der Waals surface area contributed by atoms with E-state index in [9.17, 15) is 0 Å². The van der Waals surface area contributed by atoms with Gasteiger partial charge in [-0.3, -0.25) is 5.26 Å². The summed E-state index contributed by atoms with van der Waals surface area (Å²) in [6.45, 7) is 0. The second-order valence-corrected chi connectivity index (χ2v) is 2.00. The quantitative estimate of drug-likeness (QED) is 0.182. The first kappa shape index (κ1) is 10.7. The maximum Gasteiger partial charge on any atom is 0.699 e. The van der Waals surface area contributed by atoms with Gasteiger partial charge in [0.05, 0.1) is 0 Å². The average molecular weight is 136 g/mol. The molecule has 40 valence electrons. The van der Waals surface area contributed by atoms with Crippen LogP contribution in [-0.2, 0) is 4.58 Å². The van der Waals surface area contributed by atoms with Gasteiger partial charge in [-0.05, 0) is 0 Å². The molecule has 0 aromatic heterocycles. The highest BCUT2D eigenvalue weighted by Gasteiger charge is 2.30. The van der Waals surface area contributed by atoms with E-state index >= 15 is 0 Å². The molecule has 0 aromatic rings. The third kappa shape index (κ3) is 10.8. The first-order chi connectivity index (χ1) is 2.56. The predicted molar refractivity (Wildman–Crippen MR) is 21.9 cm³/mol. The fourth-order valence-corrected chi connectivity index (χ4v) is 0. The van der Waals surface area contributed by atoms with Crippen molar-refractivity contribution in [2.45, 2.75) is 0 Å². The summed E-state index contributed by atoms with van der Waals surface area (Å²) in [7, 11) is -4.58. The van der Waals surface area contributed by atoms with Gasteiger partial charge in [-0.15, -0.1) is 0 Å². The molecule has 0 aliphatic carbocycles. The predicted octanol–water partition coefficient (Wildman–Crippen LogP) is -2.49. The highest BCUT2D eigenvalue weighted by atomic mass is 28.4. The third-order valence-corrected chi connectivity index (χ3v) is 0.367. The summed E-state index contributed by atoms with van der Waals surface area (Å²) >= 11 is 0. The van der Waals surface area contributed by atoms with Gasteiger partial charge in [0.25, 0.3) is 0 Å². The first-order valence-corrected chi connectivity index (χ1v) is 2.81. The van der Waals surface area contributed by atoms with Crippen molar-refractivity contribution in [3.05, 3.63) is 0 Å². The van der Waals surface area contributed by atoms with Crippen molar-refractivity contribution < 1.29 is 24.2 Å². The van der Waals surface area contributed by atoms with Crippen LogP contribution in [0, 0.1) is 0 Å². The normalized spacial score (nSPS) is 10.3. The molecule has 7 heteroatoms. The Morgan fingerprint density at radius 2 is 1.29 bits per heavy atom. The molecule has 7 heavy (non-hydrogen) atoms. The van der Waals surface area contributed by atoms with Crippen molar-refractivity contribution >= 4 is 32.1 Å². The molecule has 0 saturated heterocycles. The number of rotatable bonds is 1. The second-order valence-electron chi connectivity index (χ2n) is 0.665. The molecule has 0 spiro atoms.